The minimum Gasteiger partial charge on any atom is -0.310 e. The van der Waals surface area contributed by atoms with E-state index in [1.807, 2.05) is 0 Å². The lowest BCUT2D eigenvalue weighted by Crippen LogP contribution is -2.28. The second-order valence-corrected chi connectivity index (χ2v) is 5.24. The average Bonchev–Trinajstić information content (AvgIpc) is 2.33. The molecule has 0 bridgehead atoms. The maximum Gasteiger partial charge on any atom is 0.129 e. The highest BCUT2D eigenvalue weighted by Crippen LogP contribution is 2.32. The van der Waals surface area contributed by atoms with Gasteiger partial charge in [-0.3, -0.25) is 0 Å². The lowest BCUT2D eigenvalue weighted by Gasteiger charge is -2.26. The van der Waals surface area contributed by atoms with Gasteiger partial charge in [0.15, 0.2) is 0 Å². The highest BCUT2D eigenvalue weighted by Gasteiger charge is 2.23. The fraction of sp³-hybridized carbons (Fsp3) is 0.600. The van der Waals surface area contributed by atoms with Crippen molar-refractivity contribution >= 4 is 11.6 Å². The van der Waals surface area contributed by atoms with Crippen LogP contribution in [0.3, 0.4) is 0 Å². The first-order valence-electron chi connectivity index (χ1n) is 6.79. The molecule has 0 saturated carbocycles. The molecule has 2 atom stereocenters. The van der Waals surface area contributed by atoms with Crippen molar-refractivity contribution < 1.29 is 4.39 Å². The first-order valence-corrected chi connectivity index (χ1v) is 7.16. The Morgan fingerprint density at radius 3 is 2.56 bits per heavy atom. The predicted molar refractivity (Wildman–Crippen MR) is 76.5 cm³/mol. The van der Waals surface area contributed by atoms with Gasteiger partial charge in [-0.05, 0) is 37.4 Å². The summed E-state index contributed by atoms with van der Waals surface area (Å²) in [6, 6.07) is 4.90. The number of nitrogens with one attached hydrogen (secondary N) is 1. The molecule has 0 amide bonds. The Balaban J connectivity index is 3.00. The molecule has 0 radical (unpaired) electrons. The zero-order valence-electron chi connectivity index (χ0n) is 11.5. The minimum atomic E-state index is -0.209. The Kier molecular flexibility index (Phi) is 6.66. The van der Waals surface area contributed by atoms with Crippen LogP contribution in [0.25, 0.3) is 0 Å². The molecule has 0 aliphatic heterocycles. The van der Waals surface area contributed by atoms with E-state index in [-0.39, 0.29) is 11.9 Å². The van der Waals surface area contributed by atoms with Gasteiger partial charge in [-0.1, -0.05) is 44.9 Å². The number of hydrogen-bond donors (Lipinski definition) is 1. The summed E-state index contributed by atoms with van der Waals surface area (Å²) < 4.78 is 14.0. The molecular weight excluding hydrogens is 249 g/mol. The van der Waals surface area contributed by atoms with Gasteiger partial charge in [-0.15, -0.1) is 0 Å². The molecule has 1 aromatic carbocycles. The van der Waals surface area contributed by atoms with Crippen LogP contribution < -0.4 is 5.32 Å². The number of halogens is 2. The largest absolute Gasteiger partial charge is 0.310 e. The van der Waals surface area contributed by atoms with Crippen LogP contribution in [0.2, 0.25) is 5.02 Å². The first-order chi connectivity index (χ1) is 8.61. The van der Waals surface area contributed by atoms with Crippen molar-refractivity contribution in [2.45, 2.75) is 46.1 Å². The van der Waals surface area contributed by atoms with E-state index in [9.17, 15) is 4.39 Å². The van der Waals surface area contributed by atoms with E-state index < -0.39 is 0 Å². The summed E-state index contributed by atoms with van der Waals surface area (Å²) in [6.07, 6.45) is 3.19. The molecular formula is C15H23ClFN. The Hall–Kier alpha value is -0.600. The SMILES string of the molecule is CCCNC(c1c(F)cccc1Cl)C(C)CCC. The molecule has 1 N–H and O–H groups in total. The zero-order chi connectivity index (χ0) is 13.5. The molecule has 3 heteroatoms. The van der Waals surface area contributed by atoms with Crippen LogP contribution in [-0.2, 0) is 0 Å². The van der Waals surface area contributed by atoms with Crippen molar-refractivity contribution in [2.75, 3.05) is 6.54 Å². The standard InChI is InChI=1S/C15H23ClFN/c1-4-7-11(3)15(18-10-5-2)14-12(16)8-6-9-13(14)17/h6,8-9,11,15,18H,4-5,7,10H2,1-3H3. The topological polar surface area (TPSA) is 12.0 Å². The van der Waals surface area contributed by atoms with Crippen LogP contribution in [0, 0.1) is 11.7 Å². The number of rotatable bonds is 7. The van der Waals surface area contributed by atoms with Crippen LogP contribution in [0.5, 0.6) is 0 Å². The van der Waals surface area contributed by atoms with Crippen molar-refractivity contribution in [1.82, 2.24) is 5.32 Å². The smallest absolute Gasteiger partial charge is 0.129 e. The quantitative estimate of drug-likeness (QED) is 0.739. The molecule has 1 rings (SSSR count). The van der Waals surface area contributed by atoms with Gasteiger partial charge in [0.2, 0.25) is 0 Å². The van der Waals surface area contributed by atoms with Crippen molar-refractivity contribution in [3.8, 4) is 0 Å². The summed E-state index contributed by atoms with van der Waals surface area (Å²) in [5.74, 6) is 0.162. The maximum absolute atomic E-state index is 14.0. The van der Waals surface area contributed by atoms with Gasteiger partial charge in [-0.2, -0.15) is 0 Å². The molecule has 0 aromatic heterocycles. The van der Waals surface area contributed by atoms with Crippen molar-refractivity contribution in [3.63, 3.8) is 0 Å². The molecule has 1 nitrogen and oxygen atoms in total. The molecule has 18 heavy (non-hydrogen) atoms. The van der Waals surface area contributed by atoms with Gasteiger partial charge in [0.1, 0.15) is 5.82 Å². The second kappa shape index (κ2) is 7.75. The van der Waals surface area contributed by atoms with Gasteiger partial charge >= 0.3 is 0 Å². The first kappa shape index (κ1) is 15.5. The number of benzene rings is 1. The molecule has 102 valence electrons. The molecule has 0 spiro atoms. The van der Waals surface area contributed by atoms with Crippen LogP contribution in [0.1, 0.15) is 51.6 Å². The lowest BCUT2D eigenvalue weighted by molar-refractivity contribution is 0.353. The van der Waals surface area contributed by atoms with Gasteiger partial charge in [0.25, 0.3) is 0 Å². The number of hydrogen-bond acceptors (Lipinski definition) is 1. The minimum absolute atomic E-state index is 0.00130. The fourth-order valence-electron chi connectivity index (χ4n) is 2.32. The molecule has 0 heterocycles. The van der Waals surface area contributed by atoms with Crippen molar-refractivity contribution in [3.05, 3.63) is 34.6 Å². The summed E-state index contributed by atoms with van der Waals surface area (Å²) in [6.45, 7) is 7.29. The van der Waals surface area contributed by atoms with Crippen molar-refractivity contribution in [1.29, 1.82) is 0 Å². The third-order valence-electron chi connectivity index (χ3n) is 3.24. The summed E-state index contributed by atoms with van der Waals surface area (Å²) in [4.78, 5) is 0. The van der Waals surface area contributed by atoms with Gasteiger partial charge in [-0.25, -0.2) is 4.39 Å². The van der Waals surface area contributed by atoms with E-state index in [4.69, 9.17) is 11.6 Å². The average molecular weight is 272 g/mol. The summed E-state index contributed by atoms with van der Waals surface area (Å²) >= 11 is 6.17. The maximum atomic E-state index is 14.0. The van der Waals surface area contributed by atoms with Gasteiger partial charge < -0.3 is 5.32 Å². The van der Waals surface area contributed by atoms with E-state index in [0.29, 0.717) is 16.5 Å². The Morgan fingerprint density at radius 2 is 2.00 bits per heavy atom. The van der Waals surface area contributed by atoms with Gasteiger partial charge in [0, 0.05) is 16.6 Å². The normalized spacial score (nSPS) is 14.5. The Bertz CT molecular complexity index is 347. The van der Waals surface area contributed by atoms with Crippen LogP contribution in [-0.4, -0.2) is 6.54 Å². The van der Waals surface area contributed by atoms with E-state index in [1.54, 1.807) is 12.1 Å². The highest BCUT2D eigenvalue weighted by atomic mass is 35.5. The summed E-state index contributed by atoms with van der Waals surface area (Å²) in [5, 5.41) is 3.95. The van der Waals surface area contributed by atoms with E-state index in [1.165, 1.54) is 6.07 Å². The molecule has 2 unspecified atom stereocenters. The zero-order valence-corrected chi connectivity index (χ0v) is 12.2. The Labute approximate surface area is 115 Å². The van der Waals surface area contributed by atoms with Crippen LogP contribution in [0.15, 0.2) is 18.2 Å². The monoisotopic (exact) mass is 271 g/mol. The molecule has 0 saturated heterocycles. The van der Waals surface area contributed by atoms with Gasteiger partial charge in [0.05, 0.1) is 0 Å². The third kappa shape index (κ3) is 3.96. The highest BCUT2D eigenvalue weighted by molar-refractivity contribution is 6.31. The van der Waals surface area contributed by atoms with E-state index in [2.05, 4.69) is 26.1 Å². The van der Waals surface area contributed by atoms with E-state index >= 15 is 0 Å². The third-order valence-corrected chi connectivity index (χ3v) is 3.57. The fourth-order valence-corrected chi connectivity index (χ4v) is 2.60. The molecule has 1 aromatic rings. The summed E-state index contributed by atoms with van der Waals surface area (Å²) in [5.41, 5.74) is 0.619. The molecule has 0 fully saturated rings. The van der Waals surface area contributed by atoms with E-state index in [0.717, 1.165) is 25.8 Å². The van der Waals surface area contributed by atoms with Crippen LogP contribution >= 0.6 is 11.6 Å². The lowest BCUT2D eigenvalue weighted by atomic mass is 9.90. The van der Waals surface area contributed by atoms with Crippen LogP contribution in [0.4, 0.5) is 4.39 Å². The molecule has 0 aliphatic rings. The predicted octanol–water partition coefficient (Wildman–Crippen LogP) is 4.96. The van der Waals surface area contributed by atoms with Crippen molar-refractivity contribution in [2.24, 2.45) is 5.92 Å². The molecule has 0 aliphatic carbocycles. The Morgan fingerprint density at radius 1 is 1.28 bits per heavy atom. The second-order valence-electron chi connectivity index (χ2n) is 4.83. The summed E-state index contributed by atoms with van der Waals surface area (Å²) in [7, 11) is 0.